The van der Waals surface area contributed by atoms with E-state index in [1.54, 1.807) is 36.4 Å². The van der Waals surface area contributed by atoms with E-state index in [9.17, 15) is 17.6 Å². The molecule has 1 N–H and O–H groups in total. The Bertz CT molecular complexity index is 1470. The minimum absolute atomic E-state index is 0.0683. The highest BCUT2D eigenvalue weighted by molar-refractivity contribution is 7.89. The van der Waals surface area contributed by atoms with Gasteiger partial charge in [-0.3, -0.25) is 4.79 Å². The van der Waals surface area contributed by atoms with E-state index in [-0.39, 0.29) is 28.6 Å². The van der Waals surface area contributed by atoms with E-state index in [1.165, 1.54) is 43.5 Å². The number of hydrogen-bond donors (Lipinski definition) is 1. The molecule has 170 valence electrons. The van der Waals surface area contributed by atoms with Crippen molar-refractivity contribution in [1.82, 2.24) is 9.29 Å². The lowest BCUT2D eigenvalue weighted by Crippen LogP contribution is -2.32. The molecule has 4 rings (SSSR count). The number of aromatic nitrogens is 1. The van der Waals surface area contributed by atoms with Crippen LogP contribution in [0.15, 0.2) is 82.5 Å². The Morgan fingerprint density at radius 1 is 1.00 bits per heavy atom. The first-order chi connectivity index (χ1) is 15.8. The number of aromatic amines is 1. The molecule has 0 aliphatic heterocycles. The molecule has 0 bridgehead atoms. The zero-order chi connectivity index (χ0) is 23.6. The molecule has 1 aromatic heterocycles. The average molecular weight is 487 g/mol. The van der Waals surface area contributed by atoms with Crippen molar-refractivity contribution in [2.75, 3.05) is 7.11 Å². The third-order valence-electron chi connectivity index (χ3n) is 5.20. The van der Waals surface area contributed by atoms with Crippen LogP contribution in [0.1, 0.15) is 11.1 Å². The van der Waals surface area contributed by atoms with E-state index in [0.29, 0.717) is 22.2 Å². The molecule has 0 unspecified atom stereocenters. The van der Waals surface area contributed by atoms with E-state index in [2.05, 4.69) is 4.98 Å². The maximum atomic E-state index is 13.5. The van der Waals surface area contributed by atoms with Crippen LogP contribution in [0.2, 0.25) is 5.02 Å². The highest BCUT2D eigenvalue weighted by Crippen LogP contribution is 2.27. The fourth-order valence-electron chi connectivity index (χ4n) is 3.48. The Morgan fingerprint density at radius 3 is 2.42 bits per heavy atom. The van der Waals surface area contributed by atoms with Gasteiger partial charge in [-0.2, -0.15) is 4.31 Å². The van der Waals surface area contributed by atoms with Gasteiger partial charge in [-0.05, 0) is 54.1 Å². The van der Waals surface area contributed by atoms with Crippen LogP contribution < -0.4 is 10.3 Å². The number of halogens is 2. The Hall–Kier alpha value is -3.20. The summed E-state index contributed by atoms with van der Waals surface area (Å²) in [6, 6.07) is 18.4. The van der Waals surface area contributed by atoms with Crippen LogP contribution in [0.25, 0.3) is 10.9 Å². The number of ether oxygens (including phenoxy) is 1. The van der Waals surface area contributed by atoms with E-state index in [0.717, 1.165) is 4.31 Å². The number of hydrogen-bond acceptors (Lipinski definition) is 4. The quantitative estimate of drug-likeness (QED) is 0.410. The molecule has 6 nitrogen and oxygen atoms in total. The van der Waals surface area contributed by atoms with Gasteiger partial charge >= 0.3 is 0 Å². The summed E-state index contributed by atoms with van der Waals surface area (Å²) < 4.78 is 46.9. The SMILES string of the molecule is COc1ccc2[nH]c(=O)c(CN(Cc3ccc(F)cc3)S(=O)(=O)c3ccccc3Cl)cc2c1. The van der Waals surface area contributed by atoms with Crippen LogP contribution in [-0.4, -0.2) is 24.8 Å². The highest BCUT2D eigenvalue weighted by atomic mass is 35.5. The first-order valence-electron chi connectivity index (χ1n) is 9.97. The molecule has 0 aliphatic rings. The number of pyridine rings is 1. The Balaban J connectivity index is 1.79. The maximum absolute atomic E-state index is 13.5. The number of methoxy groups -OCH3 is 1. The molecule has 0 saturated carbocycles. The molecule has 4 aromatic rings. The molecular formula is C24H20ClFN2O4S. The summed E-state index contributed by atoms with van der Waals surface area (Å²) in [6.45, 7) is -0.295. The van der Waals surface area contributed by atoms with Gasteiger partial charge < -0.3 is 9.72 Å². The third kappa shape index (κ3) is 4.93. The van der Waals surface area contributed by atoms with Crippen molar-refractivity contribution in [3.8, 4) is 5.75 Å². The molecule has 0 amide bonds. The Labute approximate surface area is 195 Å². The number of nitrogens with one attached hydrogen (secondary N) is 1. The fraction of sp³-hybridized carbons (Fsp3) is 0.125. The first kappa shape index (κ1) is 23.0. The van der Waals surface area contributed by atoms with Gasteiger partial charge in [0.1, 0.15) is 16.5 Å². The van der Waals surface area contributed by atoms with Crippen molar-refractivity contribution in [2.45, 2.75) is 18.0 Å². The largest absolute Gasteiger partial charge is 0.497 e. The topological polar surface area (TPSA) is 79.5 Å². The highest BCUT2D eigenvalue weighted by Gasteiger charge is 2.28. The fourth-order valence-corrected chi connectivity index (χ4v) is 5.38. The van der Waals surface area contributed by atoms with Gasteiger partial charge in [-0.1, -0.05) is 35.9 Å². The second kappa shape index (κ2) is 9.35. The summed E-state index contributed by atoms with van der Waals surface area (Å²) in [4.78, 5) is 15.5. The van der Waals surface area contributed by atoms with Crippen molar-refractivity contribution in [3.63, 3.8) is 0 Å². The number of rotatable bonds is 7. The minimum atomic E-state index is -4.09. The molecule has 0 radical (unpaired) electrons. The standard InChI is InChI=1S/C24H20ClFN2O4S/c1-32-20-10-11-22-17(13-20)12-18(24(29)27-22)15-28(14-16-6-8-19(26)9-7-16)33(30,31)23-5-3-2-4-21(23)25/h2-13H,14-15H2,1H3,(H,27,29). The van der Waals surface area contributed by atoms with Gasteiger partial charge in [0.15, 0.2) is 0 Å². The third-order valence-corrected chi connectivity index (χ3v) is 7.49. The Kier molecular flexibility index (Phi) is 6.51. The molecule has 0 aliphatic carbocycles. The number of benzene rings is 3. The maximum Gasteiger partial charge on any atom is 0.252 e. The normalized spacial score (nSPS) is 11.8. The van der Waals surface area contributed by atoms with Crippen LogP contribution in [-0.2, 0) is 23.1 Å². The second-order valence-corrected chi connectivity index (χ2v) is 9.72. The summed E-state index contributed by atoms with van der Waals surface area (Å²) in [5.41, 5.74) is 0.995. The summed E-state index contributed by atoms with van der Waals surface area (Å²) in [6.07, 6.45) is 0. The predicted octanol–water partition coefficient (Wildman–Crippen LogP) is 4.72. The molecule has 0 atom stereocenters. The molecule has 0 saturated heterocycles. The lowest BCUT2D eigenvalue weighted by molar-refractivity contribution is 0.399. The van der Waals surface area contributed by atoms with Gasteiger partial charge in [0.05, 0.1) is 12.1 Å². The lowest BCUT2D eigenvalue weighted by atomic mass is 10.1. The first-order valence-corrected chi connectivity index (χ1v) is 11.8. The number of sulfonamides is 1. The van der Waals surface area contributed by atoms with Crippen LogP contribution in [0.4, 0.5) is 4.39 Å². The van der Waals surface area contributed by atoms with Crippen LogP contribution in [0.3, 0.4) is 0 Å². The molecule has 1 heterocycles. The Morgan fingerprint density at radius 2 is 1.73 bits per heavy atom. The van der Waals surface area contributed by atoms with Gasteiger partial charge in [0.25, 0.3) is 5.56 Å². The van der Waals surface area contributed by atoms with Crippen LogP contribution in [0, 0.1) is 5.82 Å². The predicted molar refractivity (Wildman–Crippen MR) is 125 cm³/mol. The monoisotopic (exact) mass is 486 g/mol. The lowest BCUT2D eigenvalue weighted by Gasteiger charge is -2.23. The van der Waals surface area contributed by atoms with Gasteiger partial charge in [-0.25, -0.2) is 12.8 Å². The van der Waals surface area contributed by atoms with Crippen molar-refractivity contribution in [1.29, 1.82) is 0 Å². The molecular weight excluding hydrogens is 467 g/mol. The molecule has 33 heavy (non-hydrogen) atoms. The van der Waals surface area contributed by atoms with E-state index in [4.69, 9.17) is 16.3 Å². The summed E-state index contributed by atoms with van der Waals surface area (Å²) >= 11 is 6.19. The van der Waals surface area contributed by atoms with E-state index >= 15 is 0 Å². The van der Waals surface area contributed by atoms with Crippen LogP contribution in [0.5, 0.6) is 5.75 Å². The molecule has 3 aromatic carbocycles. The van der Waals surface area contributed by atoms with Gasteiger partial charge in [0.2, 0.25) is 10.0 Å². The van der Waals surface area contributed by atoms with Gasteiger partial charge in [-0.15, -0.1) is 0 Å². The van der Waals surface area contributed by atoms with Crippen molar-refractivity contribution < 1.29 is 17.5 Å². The number of fused-ring (bicyclic) bond motifs is 1. The molecule has 0 spiro atoms. The summed E-state index contributed by atoms with van der Waals surface area (Å²) in [7, 11) is -2.55. The smallest absolute Gasteiger partial charge is 0.252 e. The summed E-state index contributed by atoms with van der Waals surface area (Å²) in [5.74, 6) is 0.173. The van der Waals surface area contributed by atoms with Crippen LogP contribution >= 0.6 is 11.6 Å². The average Bonchev–Trinajstić information content (AvgIpc) is 2.80. The molecule has 0 fully saturated rings. The summed E-state index contributed by atoms with van der Waals surface area (Å²) in [5, 5.41) is 0.764. The zero-order valence-electron chi connectivity index (χ0n) is 17.6. The van der Waals surface area contributed by atoms with Crippen molar-refractivity contribution in [2.24, 2.45) is 0 Å². The second-order valence-electron chi connectivity index (χ2n) is 7.41. The van der Waals surface area contributed by atoms with Crippen molar-refractivity contribution >= 4 is 32.5 Å². The zero-order valence-corrected chi connectivity index (χ0v) is 19.2. The van der Waals surface area contributed by atoms with E-state index < -0.39 is 21.4 Å². The number of nitrogens with zero attached hydrogens (tertiary/aromatic N) is 1. The van der Waals surface area contributed by atoms with E-state index in [1.807, 2.05) is 0 Å². The molecule has 9 heteroatoms. The van der Waals surface area contributed by atoms with Crippen molar-refractivity contribution in [3.05, 3.63) is 105 Å². The van der Waals surface area contributed by atoms with Gasteiger partial charge in [0, 0.05) is 29.6 Å². The minimum Gasteiger partial charge on any atom is -0.497 e. The number of H-pyrrole nitrogens is 1.